The summed E-state index contributed by atoms with van der Waals surface area (Å²) in [6, 6.07) is 16.4. The summed E-state index contributed by atoms with van der Waals surface area (Å²) in [5.41, 5.74) is 3.43. The Kier molecular flexibility index (Phi) is 4.98. The average Bonchev–Trinajstić information content (AvgIpc) is 3.05. The molecule has 0 spiro atoms. The van der Waals surface area contributed by atoms with Crippen molar-refractivity contribution >= 4 is 28.4 Å². The topological polar surface area (TPSA) is 36.1 Å². The monoisotopic (exact) mass is 366 g/mol. The second kappa shape index (κ2) is 7.55. The van der Waals surface area contributed by atoms with E-state index < -0.39 is 0 Å². The summed E-state index contributed by atoms with van der Waals surface area (Å²) in [5, 5.41) is 1.79. The highest BCUT2D eigenvalue weighted by atomic mass is 35.5. The molecule has 1 aromatic heterocycles. The fourth-order valence-corrected chi connectivity index (χ4v) is 4.09. The van der Waals surface area contributed by atoms with Crippen molar-refractivity contribution in [3.63, 3.8) is 0 Å². The molecule has 2 heterocycles. The van der Waals surface area contributed by atoms with Gasteiger partial charge in [0.2, 0.25) is 5.91 Å². The first-order chi connectivity index (χ1) is 12.7. The summed E-state index contributed by atoms with van der Waals surface area (Å²) in [6.45, 7) is 1.73. The van der Waals surface area contributed by atoms with Crippen LogP contribution in [-0.4, -0.2) is 28.9 Å². The number of nitrogens with one attached hydrogen (secondary N) is 1. The third-order valence-corrected chi connectivity index (χ3v) is 5.64. The molecule has 0 atom stereocenters. The fraction of sp³-hybridized carbons (Fsp3) is 0.318. The fourth-order valence-electron chi connectivity index (χ4n) is 3.91. The summed E-state index contributed by atoms with van der Waals surface area (Å²) in [6.07, 6.45) is 5.67. The van der Waals surface area contributed by atoms with Gasteiger partial charge in [-0.05, 0) is 48.4 Å². The quantitative estimate of drug-likeness (QED) is 0.704. The lowest BCUT2D eigenvalue weighted by Gasteiger charge is -2.32. The van der Waals surface area contributed by atoms with Crippen LogP contribution < -0.4 is 0 Å². The van der Waals surface area contributed by atoms with Gasteiger partial charge in [-0.3, -0.25) is 4.79 Å². The Labute approximate surface area is 159 Å². The number of carbonyl (C=O) groups excluding carboxylic acids is 1. The number of H-pyrrole nitrogens is 1. The highest BCUT2D eigenvalue weighted by molar-refractivity contribution is 6.31. The van der Waals surface area contributed by atoms with Gasteiger partial charge in [-0.15, -0.1) is 0 Å². The van der Waals surface area contributed by atoms with E-state index in [1.165, 1.54) is 5.56 Å². The number of benzene rings is 2. The van der Waals surface area contributed by atoms with E-state index in [1.54, 1.807) is 0 Å². The Hall–Kier alpha value is -2.26. The average molecular weight is 367 g/mol. The van der Waals surface area contributed by atoms with Crippen LogP contribution in [-0.2, 0) is 17.6 Å². The van der Waals surface area contributed by atoms with Crippen LogP contribution in [0.1, 0.15) is 24.0 Å². The van der Waals surface area contributed by atoms with Crippen molar-refractivity contribution in [2.24, 2.45) is 5.92 Å². The summed E-state index contributed by atoms with van der Waals surface area (Å²) in [5.74, 6) is 0.899. The molecule has 4 heteroatoms. The Morgan fingerprint density at radius 3 is 2.65 bits per heavy atom. The highest BCUT2D eigenvalue weighted by Crippen LogP contribution is 2.25. The summed E-state index contributed by atoms with van der Waals surface area (Å²) >= 11 is 6.03. The van der Waals surface area contributed by atoms with Gasteiger partial charge in [-0.1, -0.05) is 48.0 Å². The lowest BCUT2D eigenvalue weighted by Crippen LogP contribution is -2.39. The first-order valence-electron chi connectivity index (χ1n) is 9.26. The zero-order valence-electron chi connectivity index (χ0n) is 14.7. The van der Waals surface area contributed by atoms with Crippen LogP contribution in [0.4, 0.5) is 0 Å². The number of piperidine rings is 1. The van der Waals surface area contributed by atoms with E-state index in [2.05, 4.69) is 35.3 Å². The first kappa shape index (κ1) is 17.2. The molecule has 26 heavy (non-hydrogen) atoms. The number of aromatic amines is 1. The normalized spacial score (nSPS) is 15.5. The largest absolute Gasteiger partial charge is 0.361 e. The Balaban J connectivity index is 1.34. The van der Waals surface area contributed by atoms with Gasteiger partial charge in [-0.2, -0.15) is 0 Å². The number of likely N-dealkylation sites (tertiary alicyclic amines) is 1. The van der Waals surface area contributed by atoms with E-state index >= 15 is 0 Å². The molecule has 3 nitrogen and oxygen atoms in total. The molecule has 0 bridgehead atoms. The second-order valence-electron chi connectivity index (χ2n) is 7.19. The van der Waals surface area contributed by atoms with Crippen LogP contribution in [0.2, 0.25) is 5.02 Å². The van der Waals surface area contributed by atoms with E-state index in [1.807, 2.05) is 29.3 Å². The third-order valence-electron chi connectivity index (χ3n) is 5.41. The van der Waals surface area contributed by atoms with E-state index in [-0.39, 0.29) is 5.91 Å². The van der Waals surface area contributed by atoms with Crippen molar-refractivity contribution in [3.05, 3.63) is 70.9 Å². The van der Waals surface area contributed by atoms with Crippen LogP contribution >= 0.6 is 11.6 Å². The Morgan fingerprint density at radius 1 is 1.12 bits per heavy atom. The van der Waals surface area contributed by atoms with E-state index in [0.29, 0.717) is 17.4 Å². The van der Waals surface area contributed by atoms with Crippen molar-refractivity contribution < 1.29 is 4.79 Å². The minimum Gasteiger partial charge on any atom is -0.361 e. The number of fused-ring (bicyclic) bond motifs is 1. The number of amides is 1. The van der Waals surface area contributed by atoms with Crippen molar-refractivity contribution in [1.29, 1.82) is 0 Å². The maximum atomic E-state index is 12.7. The molecule has 1 aliphatic heterocycles. The molecule has 2 aromatic carbocycles. The lowest BCUT2D eigenvalue weighted by atomic mass is 9.90. The van der Waals surface area contributed by atoms with Crippen LogP contribution in [0.15, 0.2) is 54.7 Å². The molecule has 0 aliphatic carbocycles. The molecule has 0 saturated carbocycles. The van der Waals surface area contributed by atoms with Gasteiger partial charge in [0, 0.05) is 35.2 Å². The molecule has 0 unspecified atom stereocenters. The SMILES string of the molecule is O=C(Cc1c[nH]c2cc(Cl)ccc12)N1CCC(Cc2ccccc2)CC1. The minimum absolute atomic E-state index is 0.221. The molecule has 1 aliphatic rings. The number of nitrogens with zero attached hydrogens (tertiary/aromatic N) is 1. The molecule has 1 fully saturated rings. The number of hydrogen-bond acceptors (Lipinski definition) is 1. The number of carbonyl (C=O) groups is 1. The second-order valence-corrected chi connectivity index (χ2v) is 7.63. The van der Waals surface area contributed by atoms with E-state index in [0.717, 1.165) is 48.8 Å². The van der Waals surface area contributed by atoms with Gasteiger partial charge < -0.3 is 9.88 Å². The molecule has 134 valence electrons. The maximum Gasteiger partial charge on any atom is 0.227 e. The molecule has 1 saturated heterocycles. The Bertz CT molecular complexity index is 895. The van der Waals surface area contributed by atoms with Crippen LogP contribution in [0.25, 0.3) is 10.9 Å². The number of rotatable bonds is 4. The standard InChI is InChI=1S/C22H23ClN2O/c23-19-6-7-20-18(15-24-21(20)14-19)13-22(26)25-10-8-17(9-11-25)12-16-4-2-1-3-5-16/h1-7,14-15,17,24H,8-13H2. The lowest BCUT2D eigenvalue weighted by molar-refractivity contribution is -0.131. The van der Waals surface area contributed by atoms with Gasteiger partial charge in [0.1, 0.15) is 0 Å². The van der Waals surface area contributed by atoms with Crippen LogP contribution in [0.3, 0.4) is 0 Å². The third kappa shape index (κ3) is 3.78. The van der Waals surface area contributed by atoms with Crippen LogP contribution in [0.5, 0.6) is 0 Å². The number of halogens is 1. The molecular formula is C22H23ClN2O. The van der Waals surface area contributed by atoms with E-state index in [9.17, 15) is 4.79 Å². The van der Waals surface area contributed by atoms with Gasteiger partial charge >= 0.3 is 0 Å². The minimum atomic E-state index is 0.221. The van der Waals surface area contributed by atoms with Crippen molar-refractivity contribution in [2.45, 2.75) is 25.7 Å². The smallest absolute Gasteiger partial charge is 0.227 e. The molecule has 0 radical (unpaired) electrons. The molecule has 3 aromatic rings. The summed E-state index contributed by atoms with van der Waals surface area (Å²) in [7, 11) is 0. The number of hydrogen-bond donors (Lipinski definition) is 1. The highest BCUT2D eigenvalue weighted by Gasteiger charge is 2.23. The maximum absolute atomic E-state index is 12.7. The van der Waals surface area contributed by atoms with Crippen molar-refractivity contribution in [2.75, 3.05) is 13.1 Å². The summed E-state index contributed by atoms with van der Waals surface area (Å²) < 4.78 is 0. The van der Waals surface area contributed by atoms with Crippen molar-refractivity contribution in [3.8, 4) is 0 Å². The van der Waals surface area contributed by atoms with Crippen LogP contribution in [0, 0.1) is 5.92 Å². The van der Waals surface area contributed by atoms with Gasteiger partial charge in [0.15, 0.2) is 0 Å². The zero-order chi connectivity index (χ0) is 17.9. The number of aromatic nitrogens is 1. The van der Waals surface area contributed by atoms with Gasteiger partial charge in [0.25, 0.3) is 0 Å². The van der Waals surface area contributed by atoms with Crippen molar-refractivity contribution in [1.82, 2.24) is 9.88 Å². The first-order valence-corrected chi connectivity index (χ1v) is 9.64. The molecule has 1 amide bonds. The zero-order valence-corrected chi connectivity index (χ0v) is 15.5. The molecule has 4 rings (SSSR count). The molecular weight excluding hydrogens is 344 g/mol. The molecule has 1 N–H and O–H groups in total. The summed E-state index contributed by atoms with van der Waals surface area (Å²) in [4.78, 5) is 18.0. The Morgan fingerprint density at radius 2 is 1.88 bits per heavy atom. The predicted octanol–water partition coefficient (Wildman–Crippen LogP) is 4.85. The van der Waals surface area contributed by atoms with Gasteiger partial charge in [-0.25, -0.2) is 0 Å². The predicted molar refractivity (Wildman–Crippen MR) is 106 cm³/mol. The van der Waals surface area contributed by atoms with E-state index in [4.69, 9.17) is 11.6 Å². The van der Waals surface area contributed by atoms with Gasteiger partial charge in [0.05, 0.1) is 6.42 Å².